The van der Waals surface area contributed by atoms with Crippen molar-refractivity contribution in [2.24, 2.45) is 22.0 Å². The number of nitrogen functional groups attached to an aromatic ring is 4. The van der Waals surface area contributed by atoms with Crippen LogP contribution in [0.3, 0.4) is 0 Å². The van der Waals surface area contributed by atoms with Crippen LogP contribution in [0.1, 0.15) is 156 Å². The van der Waals surface area contributed by atoms with E-state index in [0.717, 1.165) is 146 Å². The van der Waals surface area contributed by atoms with E-state index in [1.165, 1.54) is 130 Å². The third-order valence-corrected chi connectivity index (χ3v) is 28.0. The fourth-order valence-electron chi connectivity index (χ4n) is 16.4. The average molecular weight is 2010 g/mol. The van der Waals surface area contributed by atoms with Crippen LogP contribution in [-0.4, -0.2) is 142 Å². The van der Waals surface area contributed by atoms with Gasteiger partial charge < -0.3 is 63.9 Å². The number of pyridine rings is 4. The molecule has 0 unspecified atom stereocenters. The van der Waals surface area contributed by atoms with Crippen molar-refractivity contribution < 1.29 is 62.2 Å². The van der Waals surface area contributed by atoms with Crippen molar-refractivity contribution in [3.63, 3.8) is 0 Å². The SMILES string of the molecule is COc1ccc([C@@H](C)N[C@@H]2CCCC23CCN(c2nnc(Sc4cccnc4C(F)(F)F)c(N)n2)CC3)cc1.COc1ccc([C@@H](C)N[C@@H]2CCCC23CCNCC3)cc1.FC(F)(F)c1ncccc1S.Nc1nc(Cl)ncc1I.Nc1nc(Cl)ncc1Sc1cccnc1C(F)(F)F.Nc1nc(N2CCC3(CCC[C@H]3N)CC2)nnc1Sc1cccnc1C(F)(F)F. The molecule has 45 heteroatoms. The average Bonchev–Trinajstić information content (AvgIpc) is 1.58. The first-order valence-electron chi connectivity index (χ1n) is 40.6. The zero-order valence-electron chi connectivity index (χ0n) is 69.6. The van der Waals surface area contributed by atoms with Crippen molar-refractivity contribution in [2.75, 3.05) is 86.2 Å². The van der Waals surface area contributed by atoms with Gasteiger partial charge in [-0.3, -0.25) is 19.9 Å². The highest BCUT2D eigenvalue weighted by Crippen LogP contribution is 2.51. The Bertz CT molecular complexity index is 5290. The van der Waals surface area contributed by atoms with Crippen LogP contribution in [0.4, 0.5) is 87.9 Å². The number of alkyl halides is 12. The molecule has 0 radical (unpaired) electrons. The highest BCUT2D eigenvalue weighted by atomic mass is 127. The molecule has 3 aliphatic heterocycles. The Balaban J connectivity index is 0.000000158. The lowest BCUT2D eigenvalue weighted by Gasteiger charge is -2.44. The number of halogens is 15. The second-order valence-electron chi connectivity index (χ2n) is 31.1. The number of thiol groups is 1. The van der Waals surface area contributed by atoms with Crippen LogP contribution in [0, 0.1) is 19.8 Å². The van der Waals surface area contributed by atoms with Gasteiger partial charge in [0.1, 0.15) is 23.1 Å². The van der Waals surface area contributed by atoms with Gasteiger partial charge in [-0.1, -0.05) is 78.8 Å². The Hall–Kier alpha value is -8.67. The van der Waals surface area contributed by atoms with Gasteiger partial charge in [0, 0.05) is 113 Å². The van der Waals surface area contributed by atoms with E-state index in [1.807, 2.05) is 39.6 Å². The largest absolute Gasteiger partial charge is 0.497 e. The molecule has 3 saturated carbocycles. The summed E-state index contributed by atoms with van der Waals surface area (Å²) < 4.78 is 165. The molecule has 2 aromatic carbocycles. The highest BCUT2D eigenvalue weighted by Gasteiger charge is 2.48. The zero-order chi connectivity index (χ0) is 92.4. The van der Waals surface area contributed by atoms with Gasteiger partial charge in [0.25, 0.3) is 0 Å². The van der Waals surface area contributed by atoms with Crippen LogP contribution in [0.5, 0.6) is 11.5 Å². The molecule has 6 aliphatic rings. The minimum absolute atomic E-state index is 0.0157. The van der Waals surface area contributed by atoms with Crippen molar-refractivity contribution in [2.45, 2.75) is 200 Å². The lowest BCUT2D eigenvalue weighted by atomic mass is 9.73. The summed E-state index contributed by atoms with van der Waals surface area (Å²) in [6.07, 6.45) is 6.76. The third-order valence-electron chi connectivity index (χ3n) is 23.2. The molecular formula is C83H95Cl2F12IN24O2S4. The van der Waals surface area contributed by atoms with Crippen molar-refractivity contribution in [3.8, 4) is 11.5 Å². The molecule has 5 atom stereocenters. The molecule has 3 spiro atoms. The molecular weight excluding hydrogens is 1920 g/mol. The standard InChI is InChI=1S/C27H32F3N7OS.C18H22F3N7S.C18H28N2O.C10H6ClF3N4S.C6H4F3NS.C4H3ClIN3/c1-17(18-7-9-19(38-2)10-8-18)33-21-6-3-11-26(21)12-15-37(16-13-26)25-34-23(31)24(35-36-25)39-20-5-4-14-32-22(20)27(28,29)30;19-18(20,21)13-11(3-2-8-24-13)29-15-14(23)25-16(27-26-15)28-9-6-17(7-10-28)5-1-4-12(17)22;1-14(15-5-7-16(21-2)8-6-15)20-17-4-3-9-18(17)10-12-19-13-11-18;11-9-17-4-6(8(15)18-9)19-5-2-1-3-16-7(5)10(12,13)14;7-6(8,9)5-4(11)2-1-3-10-5;5-4-8-1-2(6)3(7)9-4/h4-5,7-10,14,17,21,33H,3,6,11-13,15-16H2,1-2H3,(H2,31,34,36);2-3,8,12H,1,4-7,9-10,22H2,(H2,23,25,27);5-8,14,17,19-20H,3-4,9-13H2,1-2H3;1-4H,(H2,15,17,18);1-3,11H;1H,(H2,7,8,9)/t17-,21-;12-;14-,17-;;;/m111.../s1. The van der Waals surface area contributed by atoms with E-state index >= 15 is 0 Å². The Morgan fingerprint density at radius 1 is 0.461 bits per heavy atom. The van der Waals surface area contributed by atoms with Crippen LogP contribution in [-0.2, 0) is 24.7 Å². The topological polar surface area (TPSA) is 372 Å². The van der Waals surface area contributed by atoms with Crippen LogP contribution in [0.2, 0.25) is 10.6 Å². The summed E-state index contributed by atoms with van der Waals surface area (Å²) in [5.41, 5.74) is 29.0. The van der Waals surface area contributed by atoms with Gasteiger partial charge in [-0.2, -0.15) is 72.6 Å². The Labute approximate surface area is 773 Å². The summed E-state index contributed by atoms with van der Waals surface area (Å²) in [7, 11) is 3.39. The van der Waals surface area contributed by atoms with Crippen molar-refractivity contribution in [1.29, 1.82) is 0 Å². The normalized spacial score (nSPS) is 18.6. The van der Waals surface area contributed by atoms with Gasteiger partial charge in [0.2, 0.25) is 22.5 Å². The van der Waals surface area contributed by atoms with Crippen molar-refractivity contribution in [1.82, 2.24) is 86.2 Å². The quantitative estimate of drug-likeness (QED) is 0.0188. The summed E-state index contributed by atoms with van der Waals surface area (Å²) in [4.78, 5) is 40.8. The second-order valence-corrected chi connectivity index (χ2v) is 36.6. The van der Waals surface area contributed by atoms with Crippen LogP contribution in [0.25, 0.3) is 0 Å². The first-order valence-corrected chi connectivity index (χ1v) is 45.3. The number of nitrogens with zero attached hydrogens (tertiary/aromatic N) is 16. The van der Waals surface area contributed by atoms with Gasteiger partial charge in [-0.05, 0) is 250 Å². The molecule has 0 bridgehead atoms. The van der Waals surface area contributed by atoms with Gasteiger partial charge in [-0.25, -0.2) is 9.97 Å². The predicted octanol–water partition coefficient (Wildman–Crippen LogP) is 18.9. The first-order chi connectivity index (χ1) is 60.8. The Morgan fingerprint density at radius 3 is 1.20 bits per heavy atom. The maximum Gasteiger partial charge on any atom is 0.434 e. The summed E-state index contributed by atoms with van der Waals surface area (Å²) in [5.74, 6) is 3.13. The Morgan fingerprint density at radius 2 is 0.836 bits per heavy atom. The van der Waals surface area contributed by atoms with E-state index in [-0.39, 0.29) is 85.5 Å². The maximum atomic E-state index is 13.3. The molecule has 13 N–H and O–H groups in total. The van der Waals surface area contributed by atoms with Gasteiger partial charge in [0.05, 0.1) is 22.7 Å². The summed E-state index contributed by atoms with van der Waals surface area (Å²) >= 11 is 18.9. The lowest BCUT2D eigenvalue weighted by molar-refractivity contribution is -0.144. The first kappa shape index (κ1) is 99.9. The fourth-order valence-corrected chi connectivity index (χ4v) is 19.9. The van der Waals surface area contributed by atoms with E-state index in [2.05, 4.69) is 154 Å². The number of nitrogens with one attached hydrogen (secondary N) is 3. The zero-order valence-corrected chi connectivity index (χ0v) is 76.7. The number of benzene rings is 2. The molecule has 26 nitrogen and oxygen atoms in total. The molecule has 3 saturated heterocycles. The van der Waals surface area contributed by atoms with E-state index in [4.69, 9.17) is 61.3 Å². The van der Waals surface area contributed by atoms with Gasteiger partial charge >= 0.3 is 24.7 Å². The van der Waals surface area contributed by atoms with Gasteiger partial charge in [0.15, 0.2) is 44.5 Å². The monoisotopic (exact) mass is 2010 g/mol. The molecule has 688 valence electrons. The minimum Gasteiger partial charge on any atom is -0.497 e. The smallest absolute Gasteiger partial charge is 0.434 e. The van der Waals surface area contributed by atoms with E-state index in [9.17, 15) is 52.7 Å². The van der Waals surface area contributed by atoms with E-state index in [1.54, 1.807) is 20.4 Å². The molecule has 10 aromatic rings. The maximum absolute atomic E-state index is 13.3. The Kier molecular flexibility index (Phi) is 34.7. The summed E-state index contributed by atoms with van der Waals surface area (Å²) in [6.45, 7) is 9.93. The fraction of sp³-hybridized carbons (Fsp3) is 0.446. The molecule has 3 aliphatic carbocycles. The van der Waals surface area contributed by atoms with Crippen molar-refractivity contribution >= 4 is 129 Å². The number of nitrogens with two attached hydrogens (primary N) is 5. The van der Waals surface area contributed by atoms with Crippen LogP contribution < -0.4 is 63.9 Å². The van der Waals surface area contributed by atoms with Crippen LogP contribution >= 0.6 is 93.7 Å². The minimum atomic E-state index is -4.58. The number of anilines is 6. The van der Waals surface area contributed by atoms with Crippen molar-refractivity contribution in [3.05, 3.63) is 182 Å². The molecule has 11 heterocycles. The number of ether oxygens (including phenoxy) is 2. The molecule has 0 amide bonds. The number of rotatable bonds is 16. The molecule has 16 rings (SSSR count). The van der Waals surface area contributed by atoms with E-state index < -0.39 is 47.5 Å². The number of hydrogen-bond donors (Lipinski definition) is 9. The molecule has 128 heavy (non-hydrogen) atoms. The third kappa shape index (κ3) is 26.6. The lowest BCUT2D eigenvalue weighted by Crippen LogP contribution is -2.49. The predicted molar refractivity (Wildman–Crippen MR) is 479 cm³/mol. The highest BCUT2D eigenvalue weighted by molar-refractivity contribution is 14.1. The number of methoxy groups -OCH3 is 2. The van der Waals surface area contributed by atoms with Gasteiger partial charge in [-0.15, -0.1) is 33.0 Å². The van der Waals surface area contributed by atoms with E-state index in [0.29, 0.717) is 41.3 Å². The summed E-state index contributed by atoms with van der Waals surface area (Å²) in [5, 5.41) is 28.2. The molecule has 8 aromatic heterocycles. The molecule has 6 fully saturated rings. The number of hydrogen-bond acceptors (Lipinski definition) is 30. The number of aromatic nitrogens is 14. The second kappa shape index (κ2) is 44.5. The van der Waals surface area contributed by atoms with Crippen LogP contribution in [0.15, 0.2) is 169 Å². The number of piperidine rings is 3. The summed E-state index contributed by atoms with van der Waals surface area (Å²) in [6, 6.07) is 29.5.